The fourth-order valence-corrected chi connectivity index (χ4v) is 2.29. The zero-order valence-corrected chi connectivity index (χ0v) is 12.0. The van der Waals surface area contributed by atoms with E-state index >= 15 is 0 Å². The number of amidine groups is 2. The van der Waals surface area contributed by atoms with Gasteiger partial charge in [-0.2, -0.15) is 0 Å². The molecule has 2 aromatic rings. The van der Waals surface area contributed by atoms with Crippen LogP contribution in [-0.4, -0.2) is 11.7 Å². The van der Waals surface area contributed by atoms with Crippen LogP contribution in [0.25, 0.3) is 11.1 Å². The molecule has 0 atom stereocenters. The summed E-state index contributed by atoms with van der Waals surface area (Å²) in [6.07, 6.45) is 1.64. The number of rotatable bonds is 4. The summed E-state index contributed by atoms with van der Waals surface area (Å²) in [5.74, 6) is 0.169. The molecule has 0 heterocycles. The highest BCUT2D eigenvalue weighted by Crippen LogP contribution is 2.30. The van der Waals surface area contributed by atoms with Crippen LogP contribution in [0, 0.1) is 29.3 Å². The number of nitriles is 1. The minimum Gasteiger partial charge on any atom is -0.388 e. The van der Waals surface area contributed by atoms with Crippen molar-refractivity contribution in [2.75, 3.05) is 0 Å². The van der Waals surface area contributed by atoms with Gasteiger partial charge in [-0.3, -0.25) is 10.8 Å². The van der Waals surface area contributed by atoms with Gasteiger partial charge in [0.05, 0.1) is 0 Å². The zero-order chi connectivity index (χ0) is 16.3. The number of hydrogen-bond donors (Lipinski definition) is 4. The first-order valence-electron chi connectivity index (χ1n) is 6.44. The van der Waals surface area contributed by atoms with E-state index in [1.165, 1.54) is 0 Å². The summed E-state index contributed by atoms with van der Waals surface area (Å²) < 4.78 is 4.85. The van der Waals surface area contributed by atoms with E-state index in [0.29, 0.717) is 22.4 Å². The fraction of sp³-hybridized carbons (Fsp3) is 0.0625. The summed E-state index contributed by atoms with van der Waals surface area (Å²) in [7, 11) is 0. The van der Waals surface area contributed by atoms with Gasteiger partial charge < -0.3 is 16.2 Å². The van der Waals surface area contributed by atoms with Crippen molar-refractivity contribution in [1.82, 2.24) is 0 Å². The molecular weight excluding hydrogens is 278 g/mol. The van der Waals surface area contributed by atoms with Crippen molar-refractivity contribution in [2.45, 2.75) is 6.92 Å². The quantitative estimate of drug-likeness (QED) is 0.390. The van der Waals surface area contributed by atoms with E-state index in [9.17, 15) is 0 Å². The maximum absolute atomic E-state index is 8.59. The molecule has 6 N–H and O–H groups in total. The van der Waals surface area contributed by atoms with Crippen molar-refractivity contribution in [3.8, 4) is 23.1 Å². The van der Waals surface area contributed by atoms with Gasteiger partial charge in [0.2, 0.25) is 0 Å². The first-order chi connectivity index (χ1) is 10.5. The van der Waals surface area contributed by atoms with Gasteiger partial charge in [0.15, 0.2) is 0 Å². The molecule has 0 saturated carbocycles. The third-order valence-corrected chi connectivity index (χ3v) is 3.27. The highest BCUT2D eigenvalue weighted by molar-refractivity contribution is 6.12. The Morgan fingerprint density at radius 3 is 2.41 bits per heavy atom. The Balaban J connectivity index is 2.65. The summed E-state index contributed by atoms with van der Waals surface area (Å²) in [5, 5.41) is 24.0. The van der Waals surface area contributed by atoms with E-state index in [4.69, 9.17) is 32.3 Å². The van der Waals surface area contributed by atoms with E-state index in [1.54, 1.807) is 30.5 Å². The molecule has 0 bridgehead atoms. The predicted octanol–water partition coefficient (Wildman–Crippen LogP) is 2.09. The first kappa shape index (κ1) is 15.1. The second-order valence-corrected chi connectivity index (χ2v) is 4.73. The SMILES string of the molecule is Cc1cc(-c2cccc(C(=N)N)c2C(=N)N)ccc1OC#N. The van der Waals surface area contributed by atoms with Crippen LogP contribution in [0.1, 0.15) is 16.7 Å². The van der Waals surface area contributed by atoms with E-state index in [-0.39, 0.29) is 11.7 Å². The van der Waals surface area contributed by atoms with Crippen LogP contribution in [-0.2, 0) is 0 Å². The average molecular weight is 293 g/mol. The van der Waals surface area contributed by atoms with Crippen LogP contribution in [0.3, 0.4) is 0 Å². The lowest BCUT2D eigenvalue weighted by Crippen LogP contribution is -2.21. The van der Waals surface area contributed by atoms with Gasteiger partial charge in [0.1, 0.15) is 17.4 Å². The van der Waals surface area contributed by atoms with Gasteiger partial charge in [0.25, 0.3) is 6.26 Å². The van der Waals surface area contributed by atoms with E-state index in [1.807, 2.05) is 19.1 Å². The lowest BCUT2D eigenvalue weighted by Gasteiger charge is -2.14. The van der Waals surface area contributed by atoms with Crippen LogP contribution in [0.4, 0.5) is 0 Å². The number of benzene rings is 2. The molecule has 0 radical (unpaired) electrons. The number of hydrogen-bond acceptors (Lipinski definition) is 4. The molecule has 0 amide bonds. The number of aryl methyl sites for hydroxylation is 1. The van der Waals surface area contributed by atoms with Crippen LogP contribution < -0.4 is 16.2 Å². The summed E-state index contributed by atoms with van der Waals surface area (Å²) in [4.78, 5) is 0. The van der Waals surface area contributed by atoms with Gasteiger partial charge in [-0.05, 0) is 35.7 Å². The largest absolute Gasteiger partial charge is 0.388 e. The van der Waals surface area contributed by atoms with Gasteiger partial charge in [0, 0.05) is 11.1 Å². The number of nitrogens with zero attached hydrogens (tertiary/aromatic N) is 1. The Labute approximate surface area is 128 Å². The van der Waals surface area contributed by atoms with Crippen LogP contribution in [0.2, 0.25) is 0 Å². The minimum atomic E-state index is -0.157. The molecule has 0 aliphatic heterocycles. The Morgan fingerprint density at radius 1 is 1.14 bits per heavy atom. The molecule has 110 valence electrons. The molecule has 6 heteroatoms. The van der Waals surface area contributed by atoms with Crippen molar-refractivity contribution >= 4 is 11.7 Å². The Hall–Kier alpha value is -3.33. The average Bonchev–Trinajstić information content (AvgIpc) is 2.48. The minimum absolute atomic E-state index is 0.145. The molecule has 6 nitrogen and oxygen atoms in total. The normalized spacial score (nSPS) is 9.82. The van der Waals surface area contributed by atoms with E-state index in [2.05, 4.69) is 0 Å². The van der Waals surface area contributed by atoms with Crippen molar-refractivity contribution in [1.29, 1.82) is 16.1 Å². The van der Waals surface area contributed by atoms with Crippen molar-refractivity contribution < 1.29 is 4.74 Å². The number of nitrogen functional groups attached to an aromatic ring is 2. The highest BCUT2D eigenvalue weighted by atomic mass is 16.5. The third-order valence-electron chi connectivity index (χ3n) is 3.27. The maximum atomic E-state index is 8.59. The van der Waals surface area contributed by atoms with E-state index < -0.39 is 0 Å². The van der Waals surface area contributed by atoms with E-state index in [0.717, 1.165) is 11.1 Å². The second-order valence-electron chi connectivity index (χ2n) is 4.73. The monoisotopic (exact) mass is 293 g/mol. The van der Waals surface area contributed by atoms with Gasteiger partial charge in [-0.15, -0.1) is 5.26 Å². The molecule has 0 fully saturated rings. The first-order valence-corrected chi connectivity index (χ1v) is 6.44. The summed E-state index contributed by atoms with van der Waals surface area (Å²) in [5.41, 5.74) is 14.4. The van der Waals surface area contributed by atoms with Crippen LogP contribution in [0.15, 0.2) is 36.4 Å². The van der Waals surface area contributed by atoms with Crippen LogP contribution in [0.5, 0.6) is 5.75 Å². The highest BCUT2D eigenvalue weighted by Gasteiger charge is 2.15. The maximum Gasteiger partial charge on any atom is 0.292 e. The van der Waals surface area contributed by atoms with Gasteiger partial charge in [-0.25, -0.2) is 0 Å². The molecule has 0 aliphatic carbocycles. The van der Waals surface area contributed by atoms with Gasteiger partial charge in [-0.1, -0.05) is 24.3 Å². The summed E-state index contributed by atoms with van der Waals surface area (Å²) in [6, 6.07) is 10.5. The Kier molecular flexibility index (Phi) is 4.09. The number of ether oxygens (including phenoxy) is 1. The molecule has 0 saturated heterocycles. The van der Waals surface area contributed by atoms with Gasteiger partial charge >= 0.3 is 0 Å². The van der Waals surface area contributed by atoms with Crippen LogP contribution >= 0.6 is 0 Å². The lowest BCUT2D eigenvalue weighted by molar-refractivity contribution is 0.503. The fourth-order valence-electron chi connectivity index (χ4n) is 2.29. The molecule has 0 spiro atoms. The topological polar surface area (TPSA) is 133 Å². The Morgan fingerprint density at radius 2 is 1.86 bits per heavy atom. The third kappa shape index (κ3) is 2.74. The number of nitrogens with two attached hydrogens (primary N) is 2. The smallest absolute Gasteiger partial charge is 0.292 e. The molecule has 0 aliphatic rings. The lowest BCUT2D eigenvalue weighted by atomic mass is 9.93. The molecular formula is C16H15N5O. The van der Waals surface area contributed by atoms with Crippen molar-refractivity contribution in [3.05, 3.63) is 53.1 Å². The van der Waals surface area contributed by atoms with Crippen molar-refractivity contribution in [3.63, 3.8) is 0 Å². The standard InChI is InChI=1S/C16H15N5O/c1-9-7-10(5-6-13(9)22-8-17)11-3-2-4-12(15(18)19)14(11)16(20)21/h2-7H,1H3,(H3,18,19)(H3,20,21). The molecule has 22 heavy (non-hydrogen) atoms. The van der Waals surface area contributed by atoms with Crippen molar-refractivity contribution in [2.24, 2.45) is 11.5 Å². The Bertz CT molecular complexity index is 805. The second kappa shape index (κ2) is 5.97. The molecule has 0 aromatic heterocycles. The predicted molar refractivity (Wildman–Crippen MR) is 84.9 cm³/mol. The summed E-state index contributed by atoms with van der Waals surface area (Å²) in [6.45, 7) is 1.82. The number of nitrogens with one attached hydrogen (secondary N) is 2. The summed E-state index contributed by atoms with van der Waals surface area (Å²) >= 11 is 0. The molecule has 2 rings (SSSR count). The molecule has 0 unspecified atom stereocenters. The molecule has 2 aromatic carbocycles. The zero-order valence-electron chi connectivity index (χ0n) is 12.0.